The fourth-order valence-electron chi connectivity index (χ4n) is 2.46. The van der Waals surface area contributed by atoms with E-state index < -0.39 is 14.6 Å². The van der Waals surface area contributed by atoms with Crippen molar-refractivity contribution in [3.63, 3.8) is 0 Å². The molecule has 1 aromatic carbocycles. The maximum atomic E-state index is 13.0. The first kappa shape index (κ1) is 15.7. The lowest BCUT2D eigenvalue weighted by Crippen LogP contribution is -2.39. The second kappa shape index (κ2) is 5.98. The van der Waals surface area contributed by atoms with Gasteiger partial charge in [-0.25, -0.2) is 8.42 Å². The lowest BCUT2D eigenvalue weighted by atomic mass is 9.90. The van der Waals surface area contributed by atoms with Crippen LogP contribution in [0, 0.1) is 0 Å². The van der Waals surface area contributed by atoms with Crippen LogP contribution in [0.3, 0.4) is 0 Å². The molecule has 0 heterocycles. The van der Waals surface area contributed by atoms with Crippen molar-refractivity contribution in [2.75, 3.05) is 0 Å². The summed E-state index contributed by atoms with van der Waals surface area (Å²) in [6, 6.07) is 8.47. The second-order valence-corrected chi connectivity index (χ2v) is 7.96. The number of hydrogen-bond donors (Lipinski definition) is 0. The molecule has 0 radical (unpaired) electrons. The Bertz CT molecular complexity index is 680. The zero-order valence-corrected chi connectivity index (χ0v) is 13.2. The number of sulfone groups is 1. The van der Waals surface area contributed by atoms with Gasteiger partial charge in [-0.3, -0.25) is 4.79 Å². The quantitative estimate of drug-likeness (QED) is 0.800. The highest BCUT2D eigenvalue weighted by Gasteiger charge is 2.43. The van der Waals surface area contributed by atoms with Gasteiger partial charge in [-0.05, 0) is 44.9 Å². The highest BCUT2D eigenvalue weighted by atomic mass is 32.2. The molecule has 1 atom stereocenters. The van der Waals surface area contributed by atoms with E-state index in [0.717, 1.165) is 5.57 Å². The van der Waals surface area contributed by atoms with Gasteiger partial charge in [0.05, 0.1) is 9.64 Å². The Kier molecular flexibility index (Phi) is 4.47. The predicted octanol–water partition coefficient (Wildman–Crippen LogP) is 3.47. The minimum atomic E-state index is -3.53. The van der Waals surface area contributed by atoms with Crippen molar-refractivity contribution >= 4 is 15.6 Å². The largest absolute Gasteiger partial charge is 0.295 e. The lowest BCUT2D eigenvalue weighted by Gasteiger charge is -2.31. The Morgan fingerprint density at radius 2 is 1.90 bits per heavy atom. The third kappa shape index (κ3) is 3.16. The van der Waals surface area contributed by atoms with Crippen LogP contribution >= 0.6 is 0 Å². The smallest absolute Gasteiger partial charge is 0.187 e. The fraction of sp³-hybridized carbons (Fsp3) is 0.353. The molecule has 0 saturated carbocycles. The van der Waals surface area contributed by atoms with Crippen molar-refractivity contribution in [1.82, 2.24) is 0 Å². The van der Waals surface area contributed by atoms with Gasteiger partial charge in [-0.15, -0.1) is 0 Å². The van der Waals surface area contributed by atoms with E-state index in [-0.39, 0.29) is 12.2 Å². The zero-order chi connectivity index (χ0) is 15.5. The monoisotopic (exact) mass is 304 g/mol. The summed E-state index contributed by atoms with van der Waals surface area (Å²) < 4.78 is 25.1. The first-order valence-electron chi connectivity index (χ1n) is 7.02. The van der Waals surface area contributed by atoms with Crippen molar-refractivity contribution in [2.24, 2.45) is 0 Å². The minimum Gasteiger partial charge on any atom is -0.295 e. The average Bonchev–Trinajstić information content (AvgIpc) is 2.47. The number of allylic oxidation sites excluding steroid dienone is 3. The molecule has 112 valence electrons. The number of ketones is 1. The highest BCUT2D eigenvalue weighted by Crippen LogP contribution is 2.37. The van der Waals surface area contributed by atoms with Crippen molar-refractivity contribution in [3.8, 4) is 0 Å². The molecule has 3 nitrogen and oxygen atoms in total. The van der Waals surface area contributed by atoms with Crippen LogP contribution in [-0.2, 0) is 14.6 Å². The Morgan fingerprint density at radius 3 is 2.43 bits per heavy atom. The molecular weight excluding hydrogens is 284 g/mol. The van der Waals surface area contributed by atoms with Gasteiger partial charge in [0.15, 0.2) is 15.6 Å². The average molecular weight is 304 g/mol. The summed E-state index contributed by atoms with van der Waals surface area (Å²) in [4.78, 5) is 11.8. The van der Waals surface area contributed by atoms with Crippen LogP contribution in [0.2, 0.25) is 0 Å². The SMILES string of the molecule is CC(C)=CC[C@]1(S(=O)(=O)c2ccccc2)C=CC(=O)CC1. The number of hydrogen-bond acceptors (Lipinski definition) is 3. The summed E-state index contributed by atoms with van der Waals surface area (Å²) in [6.45, 7) is 3.89. The van der Waals surface area contributed by atoms with E-state index in [9.17, 15) is 13.2 Å². The van der Waals surface area contributed by atoms with Gasteiger partial charge >= 0.3 is 0 Å². The molecule has 0 fully saturated rings. The maximum Gasteiger partial charge on any atom is 0.187 e. The maximum absolute atomic E-state index is 13.0. The molecule has 2 rings (SSSR count). The third-order valence-electron chi connectivity index (χ3n) is 3.81. The summed E-state index contributed by atoms with van der Waals surface area (Å²) in [5.41, 5.74) is 1.07. The topological polar surface area (TPSA) is 51.2 Å². The summed E-state index contributed by atoms with van der Waals surface area (Å²) >= 11 is 0. The minimum absolute atomic E-state index is 0.00825. The highest BCUT2D eigenvalue weighted by molar-refractivity contribution is 7.93. The predicted molar refractivity (Wildman–Crippen MR) is 83.8 cm³/mol. The van der Waals surface area contributed by atoms with Crippen LogP contribution in [0.5, 0.6) is 0 Å². The third-order valence-corrected chi connectivity index (χ3v) is 6.28. The van der Waals surface area contributed by atoms with Gasteiger partial charge in [0.1, 0.15) is 0 Å². The molecule has 1 aliphatic rings. The van der Waals surface area contributed by atoms with Crippen molar-refractivity contribution < 1.29 is 13.2 Å². The lowest BCUT2D eigenvalue weighted by molar-refractivity contribution is -0.115. The Balaban J connectivity index is 2.53. The number of carbonyl (C=O) groups excluding carboxylic acids is 1. The van der Waals surface area contributed by atoms with E-state index >= 15 is 0 Å². The second-order valence-electron chi connectivity index (χ2n) is 5.67. The molecule has 4 heteroatoms. The Morgan fingerprint density at radius 1 is 1.24 bits per heavy atom. The standard InChI is InChI=1S/C17H20O3S/c1-14(2)8-11-17(12-9-15(18)10-13-17)21(19,20)16-6-4-3-5-7-16/h3-9,12H,10-11,13H2,1-2H3/t17-/m0/s1. The molecule has 0 aromatic heterocycles. The molecule has 0 unspecified atom stereocenters. The van der Waals surface area contributed by atoms with Gasteiger partial charge in [-0.2, -0.15) is 0 Å². The van der Waals surface area contributed by atoms with Gasteiger partial charge in [0.25, 0.3) is 0 Å². The van der Waals surface area contributed by atoms with E-state index in [1.54, 1.807) is 36.4 Å². The molecule has 0 N–H and O–H groups in total. The van der Waals surface area contributed by atoms with E-state index in [0.29, 0.717) is 17.7 Å². The summed E-state index contributed by atoms with van der Waals surface area (Å²) in [6.07, 6.45) is 5.95. The normalized spacial score (nSPS) is 22.1. The van der Waals surface area contributed by atoms with Crippen LogP contribution in [0.1, 0.15) is 33.1 Å². The van der Waals surface area contributed by atoms with Gasteiger partial charge in [0.2, 0.25) is 0 Å². The number of rotatable bonds is 4. The zero-order valence-electron chi connectivity index (χ0n) is 12.4. The Labute approximate surface area is 126 Å². The molecule has 1 aromatic rings. The van der Waals surface area contributed by atoms with Crippen LogP contribution in [0.4, 0.5) is 0 Å². The summed E-state index contributed by atoms with van der Waals surface area (Å²) in [5.74, 6) is -0.00825. The molecule has 0 bridgehead atoms. The first-order chi connectivity index (χ1) is 9.87. The molecule has 0 amide bonds. The van der Waals surface area contributed by atoms with Crippen LogP contribution in [-0.4, -0.2) is 18.9 Å². The molecule has 0 aliphatic heterocycles. The number of carbonyl (C=O) groups is 1. The van der Waals surface area contributed by atoms with Crippen molar-refractivity contribution in [1.29, 1.82) is 0 Å². The molecule has 0 saturated heterocycles. The Hall–Kier alpha value is -1.68. The van der Waals surface area contributed by atoms with Crippen LogP contribution in [0.15, 0.2) is 59.0 Å². The van der Waals surface area contributed by atoms with E-state index in [4.69, 9.17) is 0 Å². The molecule has 1 aliphatic carbocycles. The first-order valence-corrected chi connectivity index (χ1v) is 8.51. The molecule has 0 spiro atoms. The van der Waals surface area contributed by atoms with E-state index in [1.165, 1.54) is 6.08 Å². The van der Waals surface area contributed by atoms with E-state index in [1.807, 2.05) is 19.9 Å². The van der Waals surface area contributed by atoms with Gasteiger partial charge < -0.3 is 0 Å². The van der Waals surface area contributed by atoms with E-state index in [2.05, 4.69) is 0 Å². The molecule has 21 heavy (non-hydrogen) atoms. The number of benzene rings is 1. The molecular formula is C17H20O3S. The van der Waals surface area contributed by atoms with Crippen molar-refractivity contribution in [2.45, 2.75) is 42.8 Å². The van der Waals surface area contributed by atoms with Crippen LogP contribution in [0.25, 0.3) is 0 Å². The van der Waals surface area contributed by atoms with Gasteiger partial charge in [-0.1, -0.05) is 35.9 Å². The summed E-state index contributed by atoms with van der Waals surface area (Å²) in [7, 11) is -3.53. The van der Waals surface area contributed by atoms with Crippen LogP contribution < -0.4 is 0 Å². The fourth-order valence-corrected chi connectivity index (χ4v) is 4.37. The summed E-state index contributed by atoms with van der Waals surface area (Å²) in [5, 5.41) is 0. The van der Waals surface area contributed by atoms with Gasteiger partial charge in [0, 0.05) is 6.42 Å². The van der Waals surface area contributed by atoms with Crippen molar-refractivity contribution in [3.05, 3.63) is 54.1 Å².